The fourth-order valence-electron chi connectivity index (χ4n) is 0.834. The number of nitriles is 1. The first-order chi connectivity index (χ1) is 5.36. The molecule has 0 atom stereocenters. The summed E-state index contributed by atoms with van der Waals surface area (Å²) in [6.07, 6.45) is 8.29. The minimum atomic E-state index is 0.551. The van der Waals surface area contributed by atoms with Crippen LogP contribution in [0.15, 0.2) is 35.5 Å². The number of aldehydes is 1. The summed E-state index contributed by atoms with van der Waals surface area (Å²) in [4.78, 5) is 10.3. The van der Waals surface area contributed by atoms with E-state index >= 15 is 0 Å². The first kappa shape index (κ1) is 7.49. The van der Waals surface area contributed by atoms with Gasteiger partial charge in [-0.1, -0.05) is 18.2 Å². The summed E-state index contributed by atoms with van der Waals surface area (Å²) in [5.41, 5.74) is 1.17. The number of carbonyl (C=O) groups excluding carboxylic acids is 1. The Balaban J connectivity index is 2.96. The second-order valence-electron chi connectivity index (χ2n) is 2.20. The Labute approximate surface area is 65.1 Å². The van der Waals surface area contributed by atoms with Crippen LogP contribution in [0.5, 0.6) is 0 Å². The number of carbonyl (C=O) groups is 1. The van der Waals surface area contributed by atoms with E-state index in [1.807, 2.05) is 12.1 Å². The van der Waals surface area contributed by atoms with Crippen molar-refractivity contribution in [3.05, 3.63) is 35.5 Å². The minimum absolute atomic E-state index is 0.551. The molecule has 0 aliphatic heterocycles. The highest BCUT2D eigenvalue weighted by Crippen LogP contribution is 2.09. The van der Waals surface area contributed by atoms with E-state index in [1.165, 1.54) is 0 Å². The Morgan fingerprint density at radius 3 is 3.09 bits per heavy atom. The van der Waals surface area contributed by atoms with Crippen LogP contribution in [-0.4, -0.2) is 6.29 Å². The van der Waals surface area contributed by atoms with E-state index < -0.39 is 0 Å². The van der Waals surface area contributed by atoms with Gasteiger partial charge in [-0.05, 0) is 6.08 Å². The summed E-state index contributed by atoms with van der Waals surface area (Å²) in [6.45, 7) is 0. The standard InChI is InChI=1S/C9H7NO/c10-6-8-3-1-2-4-9(5-8)7-11/h1-2,4-5,7H,3H2. The van der Waals surface area contributed by atoms with Crippen LogP contribution >= 0.6 is 0 Å². The van der Waals surface area contributed by atoms with Crippen molar-refractivity contribution in [3.63, 3.8) is 0 Å². The number of hydrogen-bond acceptors (Lipinski definition) is 2. The van der Waals surface area contributed by atoms with Crippen molar-refractivity contribution in [1.82, 2.24) is 0 Å². The van der Waals surface area contributed by atoms with E-state index in [0.717, 1.165) is 6.29 Å². The predicted octanol–water partition coefficient (Wildman–Crippen LogP) is 1.52. The molecular formula is C9H7NO. The second-order valence-corrected chi connectivity index (χ2v) is 2.20. The van der Waals surface area contributed by atoms with E-state index in [9.17, 15) is 4.79 Å². The third-order valence-corrected chi connectivity index (χ3v) is 1.38. The Kier molecular flexibility index (Phi) is 2.40. The first-order valence-corrected chi connectivity index (χ1v) is 3.29. The summed E-state index contributed by atoms with van der Waals surface area (Å²) in [7, 11) is 0. The van der Waals surface area contributed by atoms with Gasteiger partial charge in [0.2, 0.25) is 0 Å². The minimum Gasteiger partial charge on any atom is -0.298 e. The highest BCUT2D eigenvalue weighted by molar-refractivity contribution is 5.79. The molecule has 0 aromatic heterocycles. The maximum atomic E-state index is 10.3. The summed E-state index contributed by atoms with van der Waals surface area (Å²) in [5, 5.41) is 8.53. The quantitative estimate of drug-likeness (QED) is 0.525. The molecule has 2 nitrogen and oxygen atoms in total. The van der Waals surface area contributed by atoms with Crippen molar-refractivity contribution in [1.29, 1.82) is 5.26 Å². The van der Waals surface area contributed by atoms with Gasteiger partial charge in [0.1, 0.15) is 6.29 Å². The molecule has 0 fully saturated rings. The average molecular weight is 145 g/mol. The third kappa shape index (κ3) is 1.91. The molecule has 1 aliphatic carbocycles. The molecule has 0 saturated heterocycles. The summed E-state index contributed by atoms with van der Waals surface area (Å²) in [5.74, 6) is 0. The van der Waals surface area contributed by atoms with Crippen LogP contribution in [0.25, 0.3) is 0 Å². The molecule has 1 aliphatic rings. The van der Waals surface area contributed by atoms with Gasteiger partial charge in [0, 0.05) is 17.6 Å². The SMILES string of the molecule is N#CC1=CC(C=O)=CC=CC1. The van der Waals surface area contributed by atoms with E-state index in [4.69, 9.17) is 5.26 Å². The first-order valence-electron chi connectivity index (χ1n) is 3.29. The van der Waals surface area contributed by atoms with Gasteiger partial charge < -0.3 is 0 Å². The smallest absolute Gasteiger partial charge is 0.150 e. The second kappa shape index (κ2) is 3.52. The zero-order valence-electron chi connectivity index (χ0n) is 5.95. The van der Waals surface area contributed by atoms with Crippen LogP contribution < -0.4 is 0 Å². The molecule has 0 radical (unpaired) electrons. The van der Waals surface area contributed by atoms with E-state index in [-0.39, 0.29) is 0 Å². The number of allylic oxidation sites excluding steroid dienone is 6. The molecule has 0 amide bonds. The van der Waals surface area contributed by atoms with Crippen LogP contribution in [0.3, 0.4) is 0 Å². The number of nitrogens with zero attached hydrogens (tertiary/aromatic N) is 1. The Hall–Kier alpha value is -1.62. The fourth-order valence-corrected chi connectivity index (χ4v) is 0.834. The fraction of sp³-hybridized carbons (Fsp3) is 0.111. The molecule has 0 aromatic rings. The van der Waals surface area contributed by atoms with E-state index in [2.05, 4.69) is 0 Å². The Morgan fingerprint density at radius 2 is 2.45 bits per heavy atom. The summed E-state index contributed by atoms with van der Waals surface area (Å²) >= 11 is 0. The van der Waals surface area contributed by atoms with Crippen molar-refractivity contribution in [2.24, 2.45) is 0 Å². The lowest BCUT2D eigenvalue weighted by Gasteiger charge is -1.87. The zero-order chi connectivity index (χ0) is 8.10. The van der Waals surface area contributed by atoms with Crippen LogP contribution in [0.4, 0.5) is 0 Å². The van der Waals surface area contributed by atoms with Crippen LogP contribution in [0.2, 0.25) is 0 Å². The lowest BCUT2D eigenvalue weighted by molar-refractivity contribution is -0.104. The molecule has 0 unspecified atom stereocenters. The van der Waals surface area contributed by atoms with Gasteiger partial charge in [-0.2, -0.15) is 5.26 Å². The molecular weight excluding hydrogens is 138 g/mol. The van der Waals surface area contributed by atoms with Crippen molar-refractivity contribution in [3.8, 4) is 6.07 Å². The molecule has 0 heterocycles. The maximum absolute atomic E-state index is 10.3. The number of rotatable bonds is 1. The summed E-state index contributed by atoms with van der Waals surface area (Å²) < 4.78 is 0. The van der Waals surface area contributed by atoms with Gasteiger partial charge in [-0.15, -0.1) is 0 Å². The van der Waals surface area contributed by atoms with Gasteiger partial charge in [0.25, 0.3) is 0 Å². The van der Waals surface area contributed by atoms with Crippen molar-refractivity contribution >= 4 is 6.29 Å². The van der Waals surface area contributed by atoms with Crippen LogP contribution in [0.1, 0.15) is 6.42 Å². The highest BCUT2D eigenvalue weighted by atomic mass is 16.1. The van der Waals surface area contributed by atoms with Gasteiger partial charge in [-0.3, -0.25) is 4.79 Å². The van der Waals surface area contributed by atoms with Gasteiger partial charge in [0.15, 0.2) is 0 Å². The zero-order valence-corrected chi connectivity index (χ0v) is 5.95. The molecule has 0 bridgehead atoms. The van der Waals surface area contributed by atoms with Gasteiger partial charge in [0.05, 0.1) is 6.07 Å². The lowest BCUT2D eigenvalue weighted by atomic mass is 10.1. The molecule has 0 spiro atoms. The van der Waals surface area contributed by atoms with Crippen LogP contribution in [0, 0.1) is 11.3 Å². The Bertz CT molecular complexity index is 289. The normalized spacial score (nSPS) is 15.9. The highest BCUT2D eigenvalue weighted by Gasteiger charge is 1.97. The van der Waals surface area contributed by atoms with Crippen LogP contribution in [-0.2, 0) is 4.79 Å². The van der Waals surface area contributed by atoms with Gasteiger partial charge >= 0.3 is 0 Å². The average Bonchev–Trinajstić information content (AvgIpc) is 2.28. The maximum Gasteiger partial charge on any atom is 0.150 e. The lowest BCUT2D eigenvalue weighted by Crippen LogP contribution is -1.80. The predicted molar refractivity (Wildman–Crippen MR) is 41.6 cm³/mol. The van der Waals surface area contributed by atoms with Crippen molar-refractivity contribution in [2.75, 3.05) is 0 Å². The largest absolute Gasteiger partial charge is 0.298 e. The molecule has 11 heavy (non-hydrogen) atoms. The Morgan fingerprint density at radius 1 is 1.64 bits per heavy atom. The third-order valence-electron chi connectivity index (χ3n) is 1.38. The summed E-state index contributed by atoms with van der Waals surface area (Å²) in [6, 6.07) is 2.02. The molecule has 54 valence electrons. The number of hydrogen-bond donors (Lipinski definition) is 0. The molecule has 0 saturated carbocycles. The van der Waals surface area contributed by atoms with Gasteiger partial charge in [-0.25, -0.2) is 0 Å². The molecule has 0 N–H and O–H groups in total. The molecule has 2 heteroatoms. The monoisotopic (exact) mass is 145 g/mol. The van der Waals surface area contributed by atoms with E-state index in [0.29, 0.717) is 17.6 Å². The van der Waals surface area contributed by atoms with Crippen molar-refractivity contribution in [2.45, 2.75) is 6.42 Å². The van der Waals surface area contributed by atoms with E-state index in [1.54, 1.807) is 18.2 Å². The molecule has 1 rings (SSSR count). The van der Waals surface area contributed by atoms with Crippen molar-refractivity contribution < 1.29 is 4.79 Å². The molecule has 0 aromatic carbocycles. The topological polar surface area (TPSA) is 40.9 Å².